The Labute approximate surface area is 172 Å². The van der Waals surface area contributed by atoms with Gasteiger partial charge in [0.25, 0.3) is 0 Å². The number of aromatic nitrogens is 2. The minimum atomic E-state index is 0. The highest BCUT2D eigenvalue weighted by Crippen LogP contribution is 2.17. The summed E-state index contributed by atoms with van der Waals surface area (Å²) in [4.78, 5) is 4.20. The summed E-state index contributed by atoms with van der Waals surface area (Å²) in [5.41, 5.74) is 1.05. The van der Waals surface area contributed by atoms with Crippen molar-refractivity contribution in [2.75, 3.05) is 33.9 Å². The molecule has 2 aromatic rings. The summed E-state index contributed by atoms with van der Waals surface area (Å²) in [6.45, 7) is 3.53. The fourth-order valence-corrected chi connectivity index (χ4v) is 2.35. The summed E-state index contributed by atoms with van der Waals surface area (Å²) in [6.07, 6.45) is 4.73. The molecule has 0 aliphatic carbocycles. The predicted octanol–water partition coefficient (Wildman–Crippen LogP) is 2.28. The molecule has 0 radical (unpaired) electrons. The standard InChI is InChI=1S/C18H27N5O2.HI/c1-19-18(20-9-5-12-23-13-6-10-22-23)21-11-14-25-15-16-7-3-4-8-17(16)24-2;/h3-4,6-8,10,13H,5,9,11-12,14-15H2,1-2H3,(H2,19,20,21);1H. The normalized spacial score (nSPS) is 10.9. The van der Waals surface area contributed by atoms with E-state index in [1.54, 1.807) is 20.4 Å². The molecule has 1 aromatic carbocycles. The first-order chi connectivity index (χ1) is 12.3. The van der Waals surface area contributed by atoms with E-state index in [2.05, 4.69) is 20.7 Å². The molecular weight excluding hydrogens is 445 g/mol. The number of para-hydroxylation sites is 1. The van der Waals surface area contributed by atoms with Gasteiger partial charge in [0.15, 0.2) is 5.96 Å². The number of hydrogen-bond donors (Lipinski definition) is 2. The van der Waals surface area contributed by atoms with Gasteiger partial charge in [0.05, 0.1) is 20.3 Å². The molecule has 0 atom stereocenters. The van der Waals surface area contributed by atoms with Crippen molar-refractivity contribution in [3.05, 3.63) is 48.3 Å². The second kappa shape index (κ2) is 13.4. The van der Waals surface area contributed by atoms with Gasteiger partial charge in [-0.3, -0.25) is 9.67 Å². The lowest BCUT2D eigenvalue weighted by molar-refractivity contribution is 0.123. The number of guanidine groups is 1. The lowest BCUT2D eigenvalue weighted by atomic mass is 10.2. The number of halogens is 1. The number of benzene rings is 1. The maximum Gasteiger partial charge on any atom is 0.191 e. The number of methoxy groups -OCH3 is 1. The molecule has 7 nitrogen and oxygen atoms in total. The Morgan fingerprint density at radius 3 is 2.73 bits per heavy atom. The van der Waals surface area contributed by atoms with Crippen LogP contribution in [-0.2, 0) is 17.9 Å². The molecule has 0 aliphatic rings. The van der Waals surface area contributed by atoms with Gasteiger partial charge < -0.3 is 20.1 Å². The van der Waals surface area contributed by atoms with Gasteiger partial charge in [0.2, 0.25) is 0 Å². The molecule has 144 valence electrons. The quantitative estimate of drug-likeness (QED) is 0.240. The summed E-state index contributed by atoms with van der Waals surface area (Å²) < 4.78 is 12.9. The lowest BCUT2D eigenvalue weighted by Gasteiger charge is -2.13. The van der Waals surface area contributed by atoms with Crippen LogP contribution >= 0.6 is 24.0 Å². The second-order valence-electron chi connectivity index (χ2n) is 5.41. The van der Waals surface area contributed by atoms with Crippen LogP contribution in [0.4, 0.5) is 0 Å². The van der Waals surface area contributed by atoms with Crippen LogP contribution in [0.15, 0.2) is 47.7 Å². The van der Waals surface area contributed by atoms with Crippen LogP contribution < -0.4 is 15.4 Å². The van der Waals surface area contributed by atoms with Gasteiger partial charge in [-0.1, -0.05) is 18.2 Å². The molecule has 0 bridgehead atoms. The third kappa shape index (κ3) is 8.05. The Hall–Kier alpha value is -1.81. The maximum absolute atomic E-state index is 5.69. The zero-order valence-corrected chi connectivity index (χ0v) is 17.7. The Morgan fingerprint density at radius 1 is 1.19 bits per heavy atom. The molecule has 1 aromatic heterocycles. The van der Waals surface area contributed by atoms with Gasteiger partial charge in [-0.2, -0.15) is 5.10 Å². The highest BCUT2D eigenvalue weighted by Gasteiger charge is 2.02. The van der Waals surface area contributed by atoms with Crippen molar-refractivity contribution in [1.29, 1.82) is 0 Å². The molecule has 0 amide bonds. The van der Waals surface area contributed by atoms with Gasteiger partial charge in [0, 0.05) is 44.6 Å². The molecule has 0 unspecified atom stereocenters. The largest absolute Gasteiger partial charge is 0.496 e. The first kappa shape index (κ1) is 22.2. The Bertz CT molecular complexity index is 634. The van der Waals surface area contributed by atoms with Gasteiger partial charge in [0.1, 0.15) is 5.75 Å². The molecule has 0 fully saturated rings. The number of rotatable bonds is 10. The van der Waals surface area contributed by atoms with Crippen LogP contribution in [0.5, 0.6) is 5.75 Å². The SMILES string of the molecule is CN=C(NCCCn1cccn1)NCCOCc1ccccc1OC.I. The summed E-state index contributed by atoms with van der Waals surface area (Å²) in [6, 6.07) is 9.80. The number of aryl methyl sites for hydroxylation is 1. The molecular formula is C18H28IN5O2. The second-order valence-corrected chi connectivity index (χ2v) is 5.41. The fourth-order valence-electron chi connectivity index (χ4n) is 2.35. The van der Waals surface area contributed by atoms with Crippen LogP contribution in [0.2, 0.25) is 0 Å². The zero-order chi connectivity index (χ0) is 17.7. The monoisotopic (exact) mass is 473 g/mol. The molecule has 26 heavy (non-hydrogen) atoms. The highest BCUT2D eigenvalue weighted by atomic mass is 127. The Kier molecular flexibility index (Phi) is 11.5. The van der Waals surface area contributed by atoms with E-state index in [0.29, 0.717) is 19.8 Å². The average Bonchev–Trinajstić information content (AvgIpc) is 3.17. The Morgan fingerprint density at radius 2 is 2.00 bits per heavy atom. The molecule has 2 N–H and O–H groups in total. The van der Waals surface area contributed by atoms with Crippen molar-refractivity contribution in [2.24, 2.45) is 4.99 Å². The van der Waals surface area contributed by atoms with E-state index in [0.717, 1.165) is 36.8 Å². The van der Waals surface area contributed by atoms with E-state index in [-0.39, 0.29) is 24.0 Å². The van der Waals surface area contributed by atoms with E-state index in [1.165, 1.54) is 0 Å². The highest BCUT2D eigenvalue weighted by molar-refractivity contribution is 14.0. The third-order valence-corrected chi connectivity index (χ3v) is 3.63. The van der Waals surface area contributed by atoms with Crippen molar-refractivity contribution in [2.45, 2.75) is 19.6 Å². The molecule has 1 heterocycles. The van der Waals surface area contributed by atoms with E-state index >= 15 is 0 Å². The number of hydrogen-bond acceptors (Lipinski definition) is 4. The number of nitrogens with one attached hydrogen (secondary N) is 2. The number of aliphatic imine (C=N–C) groups is 1. The first-order valence-electron chi connectivity index (χ1n) is 8.45. The van der Waals surface area contributed by atoms with E-state index in [9.17, 15) is 0 Å². The third-order valence-electron chi connectivity index (χ3n) is 3.63. The van der Waals surface area contributed by atoms with Crippen molar-refractivity contribution in [1.82, 2.24) is 20.4 Å². The van der Waals surface area contributed by atoms with Gasteiger partial charge in [-0.25, -0.2) is 0 Å². The predicted molar refractivity (Wildman–Crippen MR) is 114 cm³/mol. The van der Waals surface area contributed by atoms with Crippen LogP contribution in [-0.4, -0.2) is 49.6 Å². The summed E-state index contributed by atoms with van der Waals surface area (Å²) in [5, 5.41) is 10.7. The molecule has 0 saturated heterocycles. The van der Waals surface area contributed by atoms with Gasteiger partial charge in [-0.05, 0) is 18.6 Å². The van der Waals surface area contributed by atoms with Gasteiger partial charge in [-0.15, -0.1) is 24.0 Å². The van der Waals surface area contributed by atoms with E-state index in [4.69, 9.17) is 9.47 Å². The zero-order valence-electron chi connectivity index (χ0n) is 15.4. The molecule has 2 rings (SSSR count). The van der Waals surface area contributed by atoms with Crippen LogP contribution in [0.3, 0.4) is 0 Å². The lowest BCUT2D eigenvalue weighted by Crippen LogP contribution is -2.39. The molecule has 8 heteroatoms. The van der Waals surface area contributed by atoms with Crippen molar-refractivity contribution in [3.8, 4) is 5.75 Å². The minimum absolute atomic E-state index is 0. The summed E-state index contributed by atoms with van der Waals surface area (Å²) in [7, 11) is 3.43. The average molecular weight is 473 g/mol. The van der Waals surface area contributed by atoms with E-state index < -0.39 is 0 Å². The van der Waals surface area contributed by atoms with Crippen molar-refractivity contribution < 1.29 is 9.47 Å². The smallest absolute Gasteiger partial charge is 0.191 e. The number of nitrogens with zero attached hydrogens (tertiary/aromatic N) is 3. The summed E-state index contributed by atoms with van der Waals surface area (Å²) in [5.74, 6) is 1.63. The van der Waals surface area contributed by atoms with Gasteiger partial charge >= 0.3 is 0 Å². The summed E-state index contributed by atoms with van der Waals surface area (Å²) >= 11 is 0. The maximum atomic E-state index is 5.69. The topological polar surface area (TPSA) is 72.7 Å². The molecule has 0 aliphatic heterocycles. The fraction of sp³-hybridized carbons (Fsp3) is 0.444. The minimum Gasteiger partial charge on any atom is -0.496 e. The van der Waals surface area contributed by atoms with Crippen LogP contribution in [0.25, 0.3) is 0 Å². The molecule has 0 saturated carbocycles. The van der Waals surface area contributed by atoms with Crippen LogP contribution in [0, 0.1) is 0 Å². The first-order valence-corrected chi connectivity index (χ1v) is 8.45. The Balaban J connectivity index is 0.00000338. The number of ether oxygens (including phenoxy) is 2. The van der Waals surface area contributed by atoms with Crippen molar-refractivity contribution in [3.63, 3.8) is 0 Å². The van der Waals surface area contributed by atoms with Crippen molar-refractivity contribution >= 4 is 29.9 Å². The van der Waals surface area contributed by atoms with E-state index in [1.807, 2.05) is 41.2 Å². The van der Waals surface area contributed by atoms with Crippen LogP contribution in [0.1, 0.15) is 12.0 Å². The molecule has 0 spiro atoms.